The molecule has 1 atom stereocenters. The summed E-state index contributed by atoms with van der Waals surface area (Å²) in [7, 11) is 0. The van der Waals surface area contributed by atoms with Crippen molar-refractivity contribution in [3.63, 3.8) is 0 Å². The predicted octanol–water partition coefficient (Wildman–Crippen LogP) is 21.1. The molecule has 1 aliphatic rings. The first-order valence-corrected chi connectivity index (χ1v) is 33.6. The summed E-state index contributed by atoms with van der Waals surface area (Å²) in [6.45, 7) is 6.87. The van der Waals surface area contributed by atoms with Crippen LogP contribution in [0.1, 0.15) is 30.0 Å². The van der Waals surface area contributed by atoms with E-state index in [2.05, 4.69) is 348 Å². The number of aryl methyl sites for hydroxylation is 2. The zero-order valence-electron chi connectivity index (χ0n) is 53.9. The number of nitrogens with zero attached hydrogens (tertiary/aromatic N) is 7. The second-order valence-electron chi connectivity index (χ2n) is 26.0. The highest BCUT2D eigenvalue weighted by Crippen LogP contribution is 2.44. The first-order chi connectivity index (χ1) is 47.9. The molecular formula is C90H63N7. The largest absolute Gasteiger partial charge is 0.310 e. The summed E-state index contributed by atoms with van der Waals surface area (Å²) in [5.74, 6) is 2.00. The van der Waals surface area contributed by atoms with Crippen molar-refractivity contribution < 1.29 is 0 Å². The Labute approximate surface area is 560 Å². The molecule has 0 amide bonds. The van der Waals surface area contributed by atoms with Crippen molar-refractivity contribution in [2.24, 2.45) is 5.92 Å². The van der Waals surface area contributed by atoms with E-state index in [1.807, 2.05) is 0 Å². The van der Waals surface area contributed by atoms with Gasteiger partial charge in [0, 0.05) is 82.4 Å². The standard InChI is InChI=1S/C90H63N7/c1-56-41-44-62(52-73(56)72-35-22-40-83-86(72)75-54-66(46-49-81(75)94(83)64-27-9-5-10-28-64)96-77-36-17-13-31-68(77)69-32-14-18-37-78(69)96)89-91-88(61-26-21-25-60(51-61)59-23-7-4-8-24-59)92-90(93-89)63-45-42-57(2)74(53-63)85-58(3)43-48-84-87(85)76-55-67(47-50-82(76)95(84)65-29-11-6-12-30-65)97-79-38-19-15-33-70(79)71-34-16-20-39-80(71)97/h4-42,44-55,58H,43H2,1-3H3. The van der Waals surface area contributed by atoms with E-state index in [1.54, 1.807) is 0 Å². The Morgan fingerprint density at radius 1 is 0.289 bits per heavy atom. The van der Waals surface area contributed by atoms with Crippen molar-refractivity contribution in [3.05, 3.63) is 331 Å². The van der Waals surface area contributed by atoms with Crippen LogP contribution in [0.25, 0.3) is 167 Å². The van der Waals surface area contributed by atoms with Crippen molar-refractivity contribution in [2.75, 3.05) is 0 Å². The normalized spacial score (nSPS) is 13.2. The van der Waals surface area contributed by atoms with Gasteiger partial charge in [0.25, 0.3) is 0 Å². The molecular weight excluding hydrogens is 1180 g/mol. The number of hydrogen-bond acceptors (Lipinski definition) is 3. The molecule has 5 heterocycles. The van der Waals surface area contributed by atoms with Crippen LogP contribution in [-0.2, 0) is 0 Å². The Balaban J connectivity index is 0.816. The zero-order valence-corrected chi connectivity index (χ0v) is 53.9. The first kappa shape index (κ1) is 56.1. The molecule has 0 saturated heterocycles. The molecule has 7 nitrogen and oxygen atoms in total. The van der Waals surface area contributed by atoms with E-state index in [0.29, 0.717) is 17.5 Å². The fourth-order valence-corrected chi connectivity index (χ4v) is 15.8. The molecule has 0 N–H and O–H groups in total. The SMILES string of the molecule is Cc1ccc(-c2nc(-c3cccc(-c4ccccc4)c3)nc(-c3ccc(C)c(-c4cccc5c4c4cc(-n6c7ccccc7c7ccccc76)ccc4n5-c4ccccc4)c3)n2)cc1C1=c2c(n(-c3ccccc3)c3ccc(-n4c5ccccc5c5ccccc54)cc23)=CCC1C. The molecule has 13 aromatic carbocycles. The summed E-state index contributed by atoms with van der Waals surface area (Å²) >= 11 is 0. The summed E-state index contributed by atoms with van der Waals surface area (Å²) in [6.07, 6.45) is 3.34. The average molecular weight is 1240 g/mol. The van der Waals surface area contributed by atoms with Gasteiger partial charge in [0.05, 0.1) is 44.0 Å². The van der Waals surface area contributed by atoms with Gasteiger partial charge in [0.1, 0.15) is 0 Å². The Morgan fingerprint density at radius 3 is 1.27 bits per heavy atom. The van der Waals surface area contributed by atoms with Gasteiger partial charge in [-0.05, 0) is 180 Å². The molecule has 19 rings (SSSR count). The van der Waals surface area contributed by atoms with Gasteiger partial charge in [-0.3, -0.25) is 0 Å². The lowest BCUT2D eigenvalue weighted by Gasteiger charge is -2.21. The molecule has 5 aromatic heterocycles. The van der Waals surface area contributed by atoms with Gasteiger partial charge in [0.2, 0.25) is 0 Å². The van der Waals surface area contributed by atoms with Crippen LogP contribution in [0.5, 0.6) is 0 Å². The van der Waals surface area contributed by atoms with Gasteiger partial charge < -0.3 is 18.3 Å². The third kappa shape index (κ3) is 8.99. The van der Waals surface area contributed by atoms with Gasteiger partial charge in [-0.1, -0.05) is 207 Å². The molecule has 7 heteroatoms. The molecule has 1 unspecified atom stereocenters. The summed E-state index contributed by atoms with van der Waals surface area (Å²) < 4.78 is 9.75. The van der Waals surface area contributed by atoms with Gasteiger partial charge in [-0.2, -0.15) is 0 Å². The lowest BCUT2D eigenvalue weighted by molar-refractivity contribution is 0.769. The maximum absolute atomic E-state index is 5.60. The quantitative estimate of drug-likeness (QED) is 0.137. The number of benzene rings is 13. The fourth-order valence-electron chi connectivity index (χ4n) is 15.8. The summed E-state index contributed by atoms with van der Waals surface area (Å²) in [6, 6.07) is 110. The topological polar surface area (TPSA) is 58.4 Å². The second-order valence-corrected chi connectivity index (χ2v) is 26.0. The molecule has 0 bridgehead atoms. The van der Waals surface area contributed by atoms with Crippen molar-refractivity contribution in [1.82, 2.24) is 33.2 Å². The molecule has 0 fully saturated rings. The molecule has 0 radical (unpaired) electrons. The fraction of sp³-hybridized carbons (Fsp3) is 0.0556. The van der Waals surface area contributed by atoms with E-state index < -0.39 is 0 Å². The number of fused-ring (bicyclic) bond motifs is 12. The van der Waals surface area contributed by atoms with Crippen molar-refractivity contribution in [2.45, 2.75) is 27.2 Å². The predicted molar refractivity (Wildman–Crippen MR) is 403 cm³/mol. The molecule has 0 aliphatic heterocycles. The third-order valence-electron chi connectivity index (χ3n) is 20.3. The van der Waals surface area contributed by atoms with Gasteiger partial charge >= 0.3 is 0 Å². The monoisotopic (exact) mass is 1240 g/mol. The molecule has 0 spiro atoms. The van der Waals surface area contributed by atoms with Crippen LogP contribution in [-0.4, -0.2) is 33.2 Å². The molecule has 458 valence electrons. The third-order valence-corrected chi connectivity index (χ3v) is 20.3. The highest BCUT2D eigenvalue weighted by molar-refractivity contribution is 6.17. The Kier molecular flexibility index (Phi) is 12.9. The van der Waals surface area contributed by atoms with E-state index in [-0.39, 0.29) is 5.92 Å². The summed E-state index contributed by atoms with van der Waals surface area (Å²) in [5, 5.41) is 11.0. The van der Waals surface area contributed by atoms with Crippen LogP contribution < -0.4 is 10.6 Å². The maximum Gasteiger partial charge on any atom is 0.164 e. The van der Waals surface area contributed by atoms with Crippen LogP contribution in [0.4, 0.5) is 0 Å². The summed E-state index contributed by atoms with van der Waals surface area (Å²) in [4.78, 5) is 16.6. The number of rotatable bonds is 10. The Bertz CT molecular complexity index is 6280. The van der Waals surface area contributed by atoms with Crippen molar-refractivity contribution in [1.29, 1.82) is 0 Å². The Morgan fingerprint density at radius 2 is 0.701 bits per heavy atom. The van der Waals surface area contributed by atoms with Gasteiger partial charge in [-0.25, -0.2) is 15.0 Å². The van der Waals surface area contributed by atoms with E-state index in [9.17, 15) is 0 Å². The highest BCUT2D eigenvalue weighted by Gasteiger charge is 2.26. The molecule has 0 saturated carbocycles. The number of aromatic nitrogens is 7. The van der Waals surface area contributed by atoms with Gasteiger partial charge in [0.15, 0.2) is 17.5 Å². The van der Waals surface area contributed by atoms with E-state index in [0.717, 1.165) is 84.7 Å². The van der Waals surface area contributed by atoms with Crippen LogP contribution in [0.2, 0.25) is 0 Å². The average Bonchev–Trinajstić information content (AvgIpc) is 1.59. The van der Waals surface area contributed by atoms with Crippen molar-refractivity contribution in [3.8, 4) is 79.2 Å². The van der Waals surface area contributed by atoms with Crippen LogP contribution in [0.15, 0.2) is 303 Å². The minimum Gasteiger partial charge on any atom is -0.310 e. The molecule has 18 aromatic rings. The van der Waals surface area contributed by atoms with Crippen molar-refractivity contribution >= 4 is 88.0 Å². The first-order valence-electron chi connectivity index (χ1n) is 33.6. The zero-order chi connectivity index (χ0) is 64.4. The lowest BCUT2D eigenvalue weighted by Crippen LogP contribution is -2.35. The number of para-hydroxylation sites is 6. The Hall–Kier alpha value is -12.5. The van der Waals surface area contributed by atoms with Gasteiger partial charge in [-0.15, -0.1) is 0 Å². The van der Waals surface area contributed by atoms with Crippen LogP contribution in [0.3, 0.4) is 0 Å². The maximum atomic E-state index is 5.60. The highest BCUT2D eigenvalue weighted by atomic mass is 15.0. The molecule has 1 aliphatic carbocycles. The van der Waals surface area contributed by atoms with E-state index >= 15 is 0 Å². The van der Waals surface area contributed by atoms with E-state index in [1.165, 1.54) is 92.6 Å². The lowest BCUT2D eigenvalue weighted by atomic mass is 9.84. The van der Waals surface area contributed by atoms with E-state index in [4.69, 9.17) is 15.0 Å². The minimum absolute atomic E-state index is 0.191. The van der Waals surface area contributed by atoms with Crippen LogP contribution in [0, 0.1) is 19.8 Å². The van der Waals surface area contributed by atoms with Crippen LogP contribution >= 0.6 is 0 Å². The number of hydrogen-bond donors (Lipinski definition) is 0. The smallest absolute Gasteiger partial charge is 0.164 e. The second kappa shape index (κ2) is 22.4. The molecule has 97 heavy (non-hydrogen) atoms. The summed E-state index contributed by atoms with van der Waals surface area (Å²) in [5.41, 5.74) is 24.7. The minimum atomic E-state index is 0.191.